The van der Waals surface area contributed by atoms with E-state index >= 15 is 0 Å². The van der Waals surface area contributed by atoms with E-state index < -0.39 is 8.32 Å². The maximum Gasteiger partial charge on any atom is 0.258 e. The summed E-state index contributed by atoms with van der Waals surface area (Å²) in [6.07, 6.45) is 0.392. The molecule has 0 aliphatic rings. The van der Waals surface area contributed by atoms with Crippen LogP contribution in [0.4, 0.5) is 4.39 Å². The molecule has 0 saturated carbocycles. The molecule has 0 N–H and O–H groups in total. The molecule has 0 spiro atoms. The minimum absolute atomic E-state index is 0.0937. The van der Waals surface area contributed by atoms with Crippen LogP contribution in [0.2, 0.25) is 16.6 Å². The molecule has 0 saturated heterocycles. The molecule has 0 radical (unpaired) electrons. The van der Waals surface area contributed by atoms with Gasteiger partial charge in [0, 0.05) is 24.7 Å². The fourth-order valence-electron chi connectivity index (χ4n) is 5.91. The van der Waals surface area contributed by atoms with Crippen LogP contribution in [-0.4, -0.2) is 28.0 Å². The fourth-order valence-corrected chi connectivity index (χ4v) is 11.1. The highest BCUT2D eigenvalue weighted by Crippen LogP contribution is 2.43. The van der Waals surface area contributed by atoms with Crippen molar-refractivity contribution in [1.29, 1.82) is 0 Å². The van der Waals surface area contributed by atoms with Crippen LogP contribution in [0.1, 0.15) is 79.7 Å². The van der Waals surface area contributed by atoms with Crippen molar-refractivity contribution in [2.24, 2.45) is 0 Å². The molecule has 210 valence electrons. The molecular formula is C33H43FO4Si. The van der Waals surface area contributed by atoms with Gasteiger partial charge in [-0.2, -0.15) is 0 Å². The van der Waals surface area contributed by atoms with Gasteiger partial charge < -0.3 is 13.9 Å². The van der Waals surface area contributed by atoms with Crippen LogP contribution in [0.15, 0.2) is 54.6 Å². The Labute approximate surface area is 234 Å². The number of ketones is 1. The molecule has 39 heavy (non-hydrogen) atoms. The van der Waals surface area contributed by atoms with Crippen LogP contribution in [0.3, 0.4) is 0 Å². The lowest BCUT2D eigenvalue weighted by Crippen LogP contribution is -2.50. The van der Waals surface area contributed by atoms with Gasteiger partial charge in [-0.3, -0.25) is 4.79 Å². The Kier molecular flexibility index (Phi) is 10.1. The fraction of sp³-hybridized carbons (Fsp3) is 0.424. The monoisotopic (exact) mass is 550 g/mol. The molecule has 3 aromatic rings. The van der Waals surface area contributed by atoms with E-state index in [1.807, 2.05) is 0 Å². The van der Waals surface area contributed by atoms with E-state index in [1.165, 1.54) is 19.2 Å². The van der Waals surface area contributed by atoms with E-state index in [0.29, 0.717) is 45.5 Å². The smallest absolute Gasteiger partial charge is 0.258 e. The number of ether oxygens (including phenoxy) is 2. The zero-order valence-corrected chi connectivity index (χ0v) is 25.9. The normalized spacial score (nSPS) is 11.9. The van der Waals surface area contributed by atoms with Gasteiger partial charge in [0.2, 0.25) is 0 Å². The van der Waals surface area contributed by atoms with Crippen molar-refractivity contribution in [3.8, 4) is 11.5 Å². The molecule has 0 aliphatic heterocycles. The van der Waals surface area contributed by atoms with Crippen LogP contribution < -0.4 is 9.16 Å². The summed E-state index contributed by atoms with van der Waals surface area (Å²) in [5.41, 5.74) is 5.98. The Balaban J connectivity index is 1.90. The molecule has 0 bridgehead atoms. The molecule has 0 aromatic heterocycles. The highest BCUT2D eigenvalue weighted by Gasteiger charge is 2.47. The van der Waals surface area contributed by atoms with Crippen molar-refractivity contribution in [1.82, 2.24) is 0 Å². The lowest BCUT2D eigenvalue weighted by atomic mass is 9.93. The lowest BCUT2D eigenvalue weighted by molar-refractivity contribution is 0.0510. The minimum Gasteiger partial charge on any atom is -0.543 e. The van der Waals surface area contributed by atoms with E-state index in [0.717, 1.165) is 22.4 Å². The molecule has 0 fully saturated rings. The number of aryl methyl sites for hydroxylation is 2. The maximum atomic E-state index is 15.0. The zero-order chi connectivity index (χ0) is 28.9. The first kappa shape index (κ1) is 30.6. The van der Waals surface area contributed by atoms with Crippen molar-refractivity contribution in [2.45, 2.75) is 78.4 Å². The van der Waals surface area contributed by atoms with E-state index in [2.05, 4.69) is 67.5 Å². The van der Waals surface area contributed by atoms with Gasteiger partial charge in [0.05, 0.1) is 0 Å². The first-order valence-electron chi connectivity index (χ1n) is 13.7. The van der Waals surface area contributed by atoms with E-state index in [-0.39, 0.29) is 18.4 Å². The second-order valence-electron chi connectivity index (χ2n) is 11.3. The zero-order valence-electron chi connectivity index (χ0n) is 24.9. The van der Waals surface area contributed by atoms with Crippen molar-refractivity contribution in [2.75, 3.05) is 13.9 Å². The number of rotatable bonds is 12. The summed E-state index contributed by atoms with van der Waals surface area (Å²) < 4.78 is 32.3. The van der Waals surface area contributed by atoms with Gasteiger partial charge in [0.15, 0.2) is 12.6 Å². The number of carbonyl (C=O) groups is 1. The average molecular weight is 551 g/mol. The van der Waals surface area contributed by atoms with E-state index in [9.17, 15) is 9.18 Å². The SMILES string of the molecule is COCOc1cccc(C(=O)c2ccc(F)c(Cc3c(C)cc(O[Si](C(C)C)(C(C)C)C(C)C)cc3C)c2)c1. The summed E-state index contributed by atoms with van der Waals surface area (Å²) in [6, 6.07) is 15.7. The summed E-state index contributed by atoms with van der Waals surface area (Å²) in [5, 5.41) is 0. The second kappa shape index (κ2) is 12.9. The molecular weight excluding hydrogens is 507 g/mol. The summed E-state index contributed by atoms with van der Waals surface area (Å²) in [6.45, 7) is 17.9. The quantitative estimate of drug-likeness (QED) is 0.128. The van der Waals surface area contributed by atoms with Crippen LogP contribution in [0.5, 0.6) is 11.5 Å². The summed E-state index contributed by atoms with van der Waals surface area (Å²) >= 11 is 0. The van der Waals surface area contributed by atoms with Gasteiger partial charge in [0.25, 0.3) is 8.32 Å². The lowest BCUT2D eigenvalue weighted by Gasteiger charge is -2.42. The number of halogens is 1. The van der Waals surface area contributed by atoms with Gasteiger partial charge in [-0.25, -0.2) is 4.39 Å². The van der Waals surface area contributed by atoms with Crippen molar-refractivity contribution >= 4 is 14.1 Å². The predicted molar refractivity (Wildman–Crippen MR) is 159 cm³/mol. The topological polar surface area (TPSA) is 44.8 Å². The largest absolute Gasteiger partial charge is 0.543 e. The Morgan fingerprint density at radius 1 is 0.821 bits per heavy atom. The van der Waals surface area contributed by atoms with Gasteiger partial charge >= 0.3 is 0 Å². The molecule has 3 rings (SSSR count). The second-order valence-corrected chi connectivity index (χ2v) is 16.7. The van der Waals surface area contributed by atoms with Gasteiger partial charge in [-0.15, -0.1) is 0 Å². The summed E-state index contributed by atoms with van der Waals surface area (Å²) in [5.74, 6) is 0.928. The Morgan fingerprint density at radius 2 is 1.41 bits per heavy atom. The third-order valence-corrected chi connectivity index (χ3v) is 13.8. The molecule has 0 unspecified atom stereocenters. The molecule has 3 aromatic carbocycles. The first-order chi connectivity index (χ1) is 18.4. The van der Waals surface area contributed by atoms with Crippen LogP contribution in [0, 0.1) is 19.7 Å². The number of methoxy groups -OCH3 is 1. The van der Waals surface area contributed by atoms with Gasteiger partial charge in [0.1, 0.15) is 17.3 Å². The van der Waals surface area contributed by atoms with Crippen LogP contribution in [0.25, 0.3) is 0 Å². The summed E-state index contributed by atoms with van der Waals surface area (Å²) in [7, 11) is -0.554. The molecule has 0 aliphatic carbocycles. The number of hydrogen-bond acceptors (Lipinski definition) is 4. The van der Waals surface area contributed by atoms with Crippen molar-refractivity contribution in [3.05, 3.63) is 93.8 Å². The number of hydrogen-bond donors (Lipinski definition) is 0. The average Bonchev–Trinajstić information content (AvgIpc) is 2.88. The molecule has 4 nitrogen and oxygen atoms in total. The standard InChI is InChI=1S/C33H43FO4Si/c1-21(2)39(22(3)4,23(5)6)38-30-15-24(7)31(25(8)16-30)19-28-17-27(13-14-32(28)34)33(35)26-11-10-12-29(18-26)37-20-36-9/h10-18,21-23H,19-20H2,1-9H3. The Bertz CT molecular complexity index is 1250. The van der Waals surface area contributed by atoms with Crippen LogP contribution in [-0.2, 0) is 11.2 Å². The van der Waals surface area contributed by atoms with Gasteiger partial charge in [-0.05, 0) is 95.2 Å². The minimum atomic E-state index is -2.09. The van der Waals surface area contributed by atoms with Crippen molar-refractivity contribution < 1.29 is 23.1 Å². The van der Waals surface area contributed by atoms with Gasteiger partial charge in [-0.1, -0.05) is 53.7 Å². The van der Waals surface area contributed by atoms with E-state index in [1.54, 1.807) is 30.3 Å². The Hall–Kier alpha value is -2.96. The molecule has 0 atom stereocenters. The number of carbonyl (C=O) groups excluding carboxylic acids is 1. The number of benzene rings is 3. The van der Waals surface area contributed by atoms with Crippen molar-refractivity contribution in [3.63, 3.8) is 0 Å². The highest BCUT2D eigenvalue weighted by atomic mass is 28.4. The molecule has 0 heterocycles. The molecule has 0 amide bonds. The third kappa shape index (κ3) is 6.79. The molecule has 6 heteroatoms. The maximum absolute atomic E-state index is 15.0. The highest BCUT2D eigenvalue weighted by molar-refractivity contribution is 6.78. The summed E-state index contributed by atoms with van der Waals surface area (Å²) in [4.78, 5) is 13.2. The third-order valence-electron chi connectivity index (χ3n) is 7.79. The van der Waals surface area contributed by atoms with E-state index in [4.69, 9.17) is 13.9 Å². The first-order valence-corrected chi connectivity index (χ1v) is 15.9. The van der Waals surface area contributed by atoms with Crippen LogP contribution >= 0.6 is 0 Å². The predicted octanol–water partition coefficient (Wildman–Crippen LogP) is 8.80. The Morgan fingerprint density at radius 3 is 1.97 bits per heavy atom.